The molecule has 0 unspecified atom stereocenters. The molecule has 3 heterocycles. The zero-order chi connectivity index (χ0) is 16.5. The summed E-state index contributed by atoms with van der Waals surface area (Å²) < 4.78 is 11.4. The number of piperidine rings is 1. The molecule has 1 aromatic rings. The Kier molecular flexibility index (Phi) is 4.25. The van der Waals surface area contributed by atoms with Gasteiger partial charge in [0, 0.05) is 31.5 Å². The predicted octanol–water partition coefficient (Wildman–Crippen LogP) is 1.67. The number of aromatic nitrogens is 2. The minimum absolute atomic E-state index is 0.0901. The third-order valence-corrected chi connectivity index (χ3v) is 4.01. The molecule has 23 heavy (non-hydrogen) atoms. The fourth-order valence-corrected chi connectivity index (χ4v) is 2.90. The van der Waals surface area contributed by atoms with E-state index in [-0.39, 0.29) is 11.4 Å². The van der Waals surface area contributed by atoms with E-state index in [1.54, 1.807) is 17.0 Å². The highest BCUT2D eigenvalue weighted by Gasteiger charge is 2.41. The molecule has 126 valence electrons. The number of hydrogen-bond donors (Lipinski definition) is 1. The van der Waals surface area contributed by atoms with Crippen molar-refractivity contribution in [2.75, 3.05) is 31.6 Å². The van der Waals surface area contributed by atoms with E-state index in [0.717, 1.165) is 0 Å². The topological polar surface area (TPSA) is 76.6 Å². The van der Waals surface area contributed by atoms with Crippen LogP contribution in [0.1, 0.15) is 44.1 Å². The monoisotopic (exact) mass is 320 g/mol. The zero-order valence-electron chi connectivity index (χ0n) is 14.0. The number of amides is 1. The van der Waals surface area contributed by atoms with Crippen LogP contribution in [0, 0.1) is 0 Å². The molecule has 1 aromatic heterocycles. The molecule has 0 bridgehead atoms. The highest BCUT2D eigenvalue weighted by molar-refractivity contribution is 5.92. The number of carbonyl (C=O) groups is 1. The van der Waals surface area contributed by atoms with Gasteiger partial charge in [-0.2, -0.15) is 0 Å². The van der Waals surface area contributed by atoms with Gasteiger partial charge in [-0.3, -0.25) is 4.79 Å². The first-order valence-corrected chi connectivity index (χ1v) is 8.06. The predicted molar refractivity (Wildman–Crippen MR) is 85.2 cm³/mol. The molecule has 0 radical (unpaired) electrons. The Labute approximate surface area is 136 Å². The first-order chi connectivity index (χ1) is 10.9. The van der Waals surface area contributed by atoms with E-state index in [4.69, 9.17) is 9.47 Å². The number of nitrogens with zero attached hydrogens (tertiary/aromatic N) is 3. The van der Waals surface area contributed by atoms with Crippen LogP contribution in [0.4, 0.5) is 5.82 Å². The van der Waals surface area contributed by atoms with E-state index in [1.807, 2.05) is 20.8 Å². The maximum absolute atomic E-state index is 12.5. The van der Waals surface area contributed by atoms with Gasteiger partial charge in [0.05, 0.1) is 13.2 Å². The van der Waals surface area contributed by atoms with Crippen molar-refractivity contribution < 1.29 is 14.3 Å². The van der Waals surface area contributed by atoms with Gasteiger partial charge < -0.3 is 19.7 Å². The maximum atomic E-state index is 12.5. The Balaban J connectivity index is 1.60. The standard InChI is InChI=1S/C16H24N4O3/c1-15(2,3)17-13-5-4-12(18-19-13)14(21)20-8-6-16(7-9-20)22-10-11-23-16/h4-5H,6-11H2,1-3H3,(H,17,19). The van der Waals surface area contributed by atoms with E-state index in [9.17, 15) is 4.79 Å². The molecule has 1 spiro atoms. The lowest BCUT2D eigenvalue weighted by molar-refractivity contribution is -0.181. The molecule has 3 rings (SSSR count). The third kappa shape index (κ3) is 3.79. The number of anilines is 1. The summed E-state index contributed by atoms with van der Waals surface area (Å²) in [4.78, 5) is 14.3. The summed E-state index contributed by atoms with van der Waals surface area (Å²) in [5.41, 5.74) is 0.275. The summed E-state index contributed by atoms with van der Waals surface area (Å²) in [6.45, 7) is 8.65. The largest absolute Gasteiger partial charge is 0.364 e. The van der Waals surface area contributed by atoms with Crippen molar-refractivity contribution in [3.05, 3.63) is 17.8 Å². The summed E-state index contributed by atoms with van der Waals surface area (Å²) in [5.74, 6) is 0.107. The molecule has 1 amide bonds. The minimum atomic E-state index is -0.469. The lowest BCUT2D eigenvalue weighted by Crippen LogP contribution is -2.47. The Morgan fingerprint density at radius 1 is 1.17 bits per heavy atom. The first kappa shape index (κ1) is 16.1. The molecule has 2 fully saturated rings. The van der Waals surface area contributed by atoms with Crippen LogP contribution in [0.3, 0.4) is 0 Å². The number of nitrogens with one attached hydrogen (secondary N) is 1. The van der Waals surface area contributed by atoms with Gasteiger partial charge in [-0.25, -0.2) is 0 Å². The van der Waals surface area contributed by atoms with Crippen LogP contribution in [0.15, 0.2) is 12.1 Å². The highest BCUT2D eigenvalue weighted by Crippen LogP contribution is 2.31. The zero-order valence-corrected chi connectivity index (χ0v) is 14.0. The average Bonchev–Trinajstić information content (AvgIpc) is 2.95. The van der Waals surface area contributed by atoms with Gasteiger partial charge in [0.2, 0.25) is 0 Å². The molecule has 1 N–H and O–H groups in total. The Morgan fingerprint density at radius 2 is 1.83 bits per heavy atom. The minimum Gasteiger partial charge on any atom is -0.364 e. The second-order valence-electron chi connectivity index (χ2n) is 7.08. The summed E-state index contributed by atoms with van der Waals surface area (Å²) in [6.07, 6.45) is 1.41. The number of carbonyl (C=O) groups excluding carboxylic acids is 1. The van der Waals surface area contributed by atoms with Gasteiger partial charge in [-0.1, -0.05) is 0 Å². The second kappa shape index (κ2) is 6.05. The van der Waals surface area contributed by atoms with Gasteiger partial charge >= 0.3 is 0 Å². The normalized spacial score (nSPS) is 20.7. The van der Waals surface area contributed by atoms with Gasteiger partial charge in [0.25, 0.3) is 5.91 Å². The number of rotatable bonds is 2. The van der Waals surface area contributed by atoms with Crippen molar-refractivity contribution in [2.24, 2.45) is 0 Å². The van der Waals surface area contributed by atoms with Crippen LogP contribution in [-0.2, 0) is 9.47 Å². The van der Waals surface area contributed by atoms with Crippen LogP contribution in [0.2, 0.25) is 0 Å². The van der Waals surface area contributed by atoms with E-state index >= 15 is 0 Å². The van der Waals surface area contributed by atoms with Gasteiger partial charge in [0.15, 0.2) is 11.5 Å². The Morgan fingerprint density at radius 3 is 2.35 bits per heavy atom. The number of hydrogen-bond acceptors (Lipinski definition) is 6. The van der Waals surface area contributed by atoms with E-state index in [1.165, 1.54) is 0 Å². The molecule has 2 saturated heterocycles. The van der Waals surface area contributed by atoms with Crippen molar-refractivity contribution in [1.82, 2.24) is 15.1 Å². The summed E-state index contributed by atoms with van der Waals surface area (Å²) in [5, 5.41) is 11.4. The van der Waals surface area contributed by atoms with Crippen LogP contribution in [0.5, 0.6) is 0 Å². The summed E-state index contributed by atoms with van der Waals surface area (Å²) >= 11 is 0. The fraction of sp³-hybridized carbons (Fsp3) is 0.688. The molecule has 0 saturated carbocycles. The average molecular weight is 320 g/mol. The van der Waals surface area contributed by atoms with Crippen LogP contribution < -0.4 is 5.32 Å². The third-order valence-electron chi connectivity index (χ3n) is 4.01. The molecular weight excluding hydrogens is 296 g/mol. The quantitative estimate of drug-likeness (QED) is 0.893. The van der Waals surface area contributed by atoms with Crippen LogP contribution >= 0.6 is 0 Å². The van der Waals surface area contributed by atoms with Gasteiger partial charge in [0.1, 0.15) is 5.82 Å². The lowest BCUT2D eigenvalue weighted by Gasteiger charge is -2.37. The van der Waals surface area contributed by atoms with Gasteiger partial charge in [-0.05, 0) is 32.9 Å². The maximum Gasteiger partial charge on any atom is 0.274 e. The SMILES string of the molecule is CC(C)(C)Nc1ccc(C(=O)N2CCC3(CC2)OCCO3)nn1. The molecule has 0 aromatic carbocycles. The van der Waals surface area contributed by atoms with Crippen molar-refractivity contribution in [2.45, 2.75) is 44.9 Å². The second-order valence-corrected chi connectivity index (χ2v) is 7.08. The Bertz CT molecular complexity index is 552. The smallest absolute Gasteiger partial charge is 0.274 e. The summed E-state index contributed by atoms with van der Waals surface area (Å²) in [6, 6.07) is 3.51. The molecule has 0 atom stereocenters. The summed E-state index contributed by atoms with van der Waals surface area (Å²) in [7, 11) is 0. The fourth-order valence-electron chi connectivity index (χ4n) is 2.90. The molecule has 0 aliphatic carbocycles. The number of likely N-dealkylation sites (tertiary alicyclic amines) is 1. The highest BCUT2D eigenvalue weighted by atomic mass is 16.7. The first-order valence-electron chi connectivity index (χ1n) is 8.06. The molecule has 7 nitrogen and oxygen atoms in total. The van der Waals surface area contributed by atoms with Crippen molar-refractivity contribution in [1.29, 1.82) is 0 Å². The lowest BCUT2D eigenvalue weighted by atomic mass is 10.0. The van der Waals surface area contributed by atoms with E-state index < -0.39 is 5.79 Å². The molecule has 2 aliphatic rings. The van der Waals surface area contributed by atoms with Crippen molar-refractivity contribution in [3.63, 3.8) is 0 Å². The van der Waals surface area contributed by atoms with E-state index in [0.29, 0.717) is 50.7 Å². The Hall–Kier alpha value is -1.73. The van der Waals surface area contributed by atoms with Crippen molar-refractivity contribution in [3.8, 4) is 0 Å². The van der Waals surface area contributed by atoms with Crippen LogP contribution in [0.25, 0.3) is 0 Å². The van der Waals surface area contributed by atoms with Crippen molar-refractivity contribution >= 4 is 11.7 Å². The number of ether oxygens (including phenoxy) is 2. The van der Waals surface area contributed by atoms with Crippen LogP contribution in [-0.4, -0.2) is 58.6 Å². The van der Waals surface area contributed by atoms with Gasteiger partial charge in [-0.15, -0.1) is 10.2 Å². The molecular formula is C16H24N4O3. The molecule has 7 heteroatoms. The van der Waals surface area contributed by atoms with E-state index in [2.05, 4.69) is 15.5 Å². The molecule has 2 aliphatic heterocycles.